The van der Waals surface area contributed by atoms with Crippen molar-refractivity contribution in [2.75, 3.05) is 19.1 Å². The molecule has 2 heterocycles. The molecule has 1 aliphatic rings. The van der Waals surface area contributed by atoms with E-state index in [1.807, 2.05) is 56.3 Å². The number of amides is 1. The summed E-state index contributed by atoms with van der Waals surface area (Å²) in [6.07, 6.45) is 0. The monoisotopic (exact) mass is 519 g/mol. The zero-order valence-corrected chi connectivity index (χ0v) is 20.7. The summed E-state index contributed by atoms with van der Waals surface area (Å²) in [6, 6.07) is 15.7. The van der Waals surface area contributed by atoms with Crippen LogP contribution in [0, 0.1) is 13.8 Å². The molecule has 7 heteroatoms. The van der Waals surface area contributed by atoms with Gasteiger partial charge in [-0.1, -0.05) is 28.1 Å². The van der Waals surface area contributed by atoms with Gasteiger partial charge in [0.2, 0.25) is 5.76 Å². The van der Waals surface area contributed by atoms with E-state index in [-0.39, 0.29) is 17.1 Å². The molecular formula is C27H22BrNO5. The van der Waals surface area contributed by atoms with Crippen LogP contribution in [0.1, 0.15) is 38.9 Å². The summed E-state index contributed by atoms with van der Waals surface area (Å²) in [5, 5.41) is 0.455. The number of nitrogens with zero attached hydrogens (tertiary/aromatic N) is 1. The Hall–Kier alpha value is -3.58. The number of aryl methyl sites for hydroxylation is 2. The number of ether oxygens (including phenoxy) is 2. The van der Waals surface area contributed by atoms with Crippen LogP contribution in [0.25, 0.3) is 11.0 Å². The minimum atomic E-state index is -0.695. The molecule has 0 N–H and O–H groups in total. The van der Waals surface area contributed by atoms with Crippen LogP contribution >= 0.6 is 15.9 Å². The van der Waals surface area contributed by atoms with E-state index in [0.29, 0.717) is 39.3 Å². The second kappa shape index (κ2) is 8.33. The molecule has 1 aromatic heterocycles. The number of carbonyl (C=O) groups excluding carboxylic acids is 1. The maximum Gasteiger partial charge on any atom is 0.295 e. The molecule has 0 saturated heterocycles. The predicted molar refractivity (Wildman–Crippen MR) is 134 cm³/mol. The third-order valence-electron chi connectivity index (χ3n) is 6.30. The van der Waals surface area contributed by atoms with Gasteiger partial charge in [-0.2, -0.15) is 0 Å². The van der Waals surface area contributed by atoms with Crippen LogP contribution in [0.4, 0.5) is 5.69 Å². The van der Waals surface area contributed by atoms with Crippen LogP contribution in [0.15, 0.2) is 68.3 Å². The van der Waals surface area contributed by atoms with E-state index in [4.69, 9.17) is 13.9 Å². The van der Waals surface area contributed by atoms with E-state index >= 15 is 0 Å². The van der Waals surface area contributed by atoms with E-state index in [9.17, 15) is 9.59 Å². The summed E-state index contributed by atoms with van der Waals surface area (Å²) < 4.78 is 17.8. The van der Waals surface area contributed by atoms with Crippen molar-refractivity contribution in [2.45, 2.75) is 19.9 Å². The molecule has 0 bridgehead atoms. The number of fused-ring (bicyclic) bond motifs is 2. The van der Waals surface area contributed by atoms with Crippen molar-refractivity contribution >= 4 is 38.5 Å². The van der Waals surface area contributed by atoms with E-state index in [1.54, 1.807) is 31.3 Å². The van der Waals surface area contributed by atoms with Gasteiger partial charge in [0.25, 0.3) is 5.91 Å². The highest BCUT2D eigenvalue weighted by Crippen LogP contribution is 2.43. The lowest BCUT2D eigenvalue weighted by molar-refractivity contribution is 0.0971. The Bertz CT molecular complexity index is 1520. The number of hydrogen-bond acceptors (Lipinski definition) is 5. The number of anilines is 1. The van der Waals surface area contributed by atoms with Gasteiger partial charge < -0.3 is 13.9 Å². The molecule has 0 aliphatic carbocycles. The van der Waals surface area contributed by atoms with Crippen LogP contribution in [-0.2, 0) is 0 Å². The molecular weight excluding hydrogens is 498 g/mol. The zero-order chi connectivity index (χ0) is 24.1. The zero-order valence-electron chi connectivity index (χ0n) is 19.1. The third kappa shape index (κ3) is 3.39. The summed E-state index contributed by atoms with van der Waals surface area (Å²) in [6.45, 7) is 3.90. The van der Waals surface area contributed by atoms with Crippen molar-refractivity contribution in [3.05, 3.63) is 97.3 Å². The van der Waals surface area contributed by atoms with Crippen LogP contribution in [0.3, 0.4) is 0 Å². The van der Waals surface area contributed by atoms with Gasteiger partial charge in [0.1, 0.15) is 5.58 Å². The summed E-state index contributed by atoms with van der Waals surface area (Å²) >= 11 is 3.49. The average molecular weight is 520 g/mol. The largest absolute Gasteiger partial charge is 0.493 e. The first-order chi connectivity index (χ1) is 16.3. The first-order valence-corrected chi connectivity index (χ1v) is 11.5. The highest BCUT2D eigenvalue weighted by molar-refractivity contribution is 9.10. The SMILES string of the molecule is COc1ccc(C2c3c(oc4cc(C)c(C)cc4c3=O)C(=O)N2c2cccc(Br)c2)cc1OC. The first-order valence-electron chi connectivity index (χ1n) is 10.7. The predicted octanol–water partition coefficient (Wildman–Crippen LogP) is 5.94. The number of benzene rings is 3. The summed E-state index contributed by atoms with van der Waals surface area (Å²) in [5.41, 5.74) is 3.82. The fourth-order valence-electron chi connectivity index (χ4n) is 4.46. The number of carbonyl (C=O) groups is 1. The van der Waals surface area contributed by atoms with Crippen molar-refractivity contribution < 1.29 is 18.7 Å². The molecule has 0 saturated carbocycles. The molecule has 4 aromatic rings. The molecule has 0 radical (unpaired) electrons. The Labute approximate surface area is 204 Å². The lowest BCUT2D eigenvalue weighted by atomic mass is 9.97. The maximum absolute atomic E-state index is 13.8. The van der Waals surface area contributed by atoms with E-state index in [2.05, 4.69) is 15.9 Å². The van der Waals surface area contributed by atoms with E-state index in [1.165, 1.54) is 0 Å². The average Bonchev–Trinajstić information content (AvgIpc) is 3.12. The molecule has 1 amide bonds. The first kappa shape index (κ1) is 22.2. The van der Waals surface area contributed by atoms with Gasteiger partial charge in [0.15, 0.2) is 16.9 Å². The number of halogens is 1. The standard InChI is InChI=1S/C27H22BrNO5/c1-14-10-19-21(11-15(14)2)34-26-23(25(19)30)24(16-8-9-20(32-3)22(12-16)33-4)29(27(26)31)18-7-5-6-17(28)13-18/h5-13,24H,1-4H3. The number of methoxy groups -OCH3 is 2. The second-order valence-corrected chi connectivity index (χ2v) is 9.19. The summed E-state index contributed by atoms with van der Waals surface area (Å²) in [4.78, 5) is 29.2. The minimum Gasteiger partial charge on any atom is -0.493 e. The van der Waals surface area contributed by atoms with Gasteiger partial charge in [-0.25, -0.2) is 0 Å². The van der Waals surface area contributed by atoms with Gasteiger partial charge in [-0.3, -0.25) is 14.5 Å². The molecule has 0 fully saturated rings. The fourth-order valence-corrected chi connectivity index (χ4v) is 4.85. The molecule has 6 nitrogen and oxygen atoms in total. The van der Waals surface area contributed by atoms with Crippen molar-refractivity contribution in [1.82, 2.24) is 0 Å². The van der Waals surface area contributed by atoms with Crippen LogP contribution in [-0.4, -0.2) is 20.1 Å². The van der Waals surface area contributed by atoms with Gasteiger partial charge >= 0.3 is 0 Å². The van der Waals surface area contributed by atoms with Gasteiger partial charge in [0, 0.05) is 10.2 Å². The number of hydrogen-bond donors (Lipinski definition) is 0. The van der Waals surface area contributed by atoms with Crippen LogP contribution in [0.2, 0.25) is 0 Å². The molecule has 5 rings (SSSR count). The quantitative estimate of drug-likeness (QED) is 0.333. The second-order valence-electron chi connectivity index (χ2n) is 8.28. The molecule has 3 aromatic carbocycles. The molecule has 0 spiro atoms. The molecule has 34 heavy (non-hydrogen) atoms. The summed E-state index contributed by atoms with van der Waals surface area (Å²) in [7, 11) is 3.11. The topological polar surface area (TPSA) is 69.0 Å². The molecule has 1 unspecified atom stereocenters. The maximum atomic E-state index is 13.8. The van der Waals surface area contributed by atoms with E-state index < -0.39 is 6.04 Å². The Morgan fingerprint density at radius 1 is 0.912 bits per heavy atom. The Morgan fingerprint density at radius 2 is 1.65 bits per heavy atom. The van der Waals surface area contributed by atoms with Gasteiger partial charge in [-0.05, 0) is 73.0 Å². The van der Waals surface area contributed by atoms with Crippen LogP contribution in [0.5, 0.6) is 11.5 Å². The third-order valence-corrected chi connectivity index (χ3v) is 6.79. The lowest BCUT2D eigenvalue weighted by Gasteiger charge is -2.26. The Kier molecular flexibility index (Phi) is 5.44. The van der Waals surface area contributed by atoms with Gasteiger partial charge in [-0.15, -0.1) is 0 Å². The smallest absolute Gasteiger partial charge is 0.295 e. The van der Waals surface area contributed by atoms with Crippen molar-refractivity contribution in [3.63, 3.8) is 0 Å². The van der Waals surface area contributed by atoms with Crippen molar-refractivity contribution in [3.8, 4) is 11.5 Å². The molecule has 172 valence electrons. The van der Waals surface area contributed by atoms with Gasteiger partial charge in [0.05, 0.1) is 31.2 Å². The Morgan fingerprint density at radius 3 is 2.35 bits per heavy atom. The van der Waals surface area contributed by atoms with Crippen molar-refractivity contribution in [2.24, 2.45) is 0 Å². The minimum absolute atomic E-state index is 0.0560. The Balaban J connectivity index is 1.83. The highest BCUT2D eigenvalue weighted by atomic mass is 79.9. The van der Waals surface area contributed by atoms with Crippen molar-refractivity contribution in [1.29, 1.82) is 0 Å². The van der Waals surface area contributed by atoms with Crippen LogP contribution < -0.4 is 19.8 Å². The molecule has 1 atom stereocenters. The van der Waals surface area contributed by atoms with E-state index in [0.717, 1.165) is 15.6 Å². The number of rotatable bonds is 4. The normalized spacial score (nSPS) is 15.0. The summed E-state index contributed by atoms with van der Waals surface area (Å²) in [5.74, 6) is 0.749. The lowest BCUT2D eigenvalue weighted by Crippen LogP contribution is -2.29. The fraction of sp³-hybridized carbons (Fsp3) is 0.185. The molecule has 1 aliphatic heterocycles. The highest BCUT2D eigenvalue weighted by Gasteiger charge is 2.44.